The predicted molar refractivity (Wildman–Crippen MR) is 107 cm³/mol. The third-order valence-corrected chi connectivity index (χ3v) is 5.14. The van der Waals surface area contributed by atoms with Crippen LogP contribution in [0, 0.1) is 12.7 Å². The number of carbonyl (C=O) groups excluding carboxylic acids is 2. The Morgan fingerprint density at radius 2 is 1.97 bits per heavy atom. The van der Waals surface area contributed by atoms with Crippen molar-refractivity contribution in [2.24, 2.45) is 5.73 Å². The van der Waals surface area contributed by atoms with Gasteiger partial charge in [0.05, 0.1) is 17.4 Å². The standard InChI is InChI=1S/C22H21FN2O5/c1-11-6-19(16(12(2)26)8-15(11)21(24)28)25-10-18(22(29)30)17(9-20(25)27)13-4-3-5-14(23)7-13/h3-8,10,12,17,26H,9H2,1-2H3,(H2,24,28)(H,29,30)/t12?,17-/m0/s1. The van der Waals surface area contributed by atoms with Gasteiger partial charge in [0.1, 0.15) is 5.82 Å². The van der Waals surface area contributed by atoms with Crippen LogP contribution >= 0.6 is 0 Å². The molecule has 1 unspecified atom stereocenters. The minimum Gasteiger partial charge on any atom is -0.478 e. The number of benzene rings is 2. The van der Waals surface area contributed by atoms with Gasteiger partial charge < -0.3 is 15.9 Å². The number of hydrogen-bond donors (Lipinski definition) is 3. The smallest absolute Gasteiger partial charge is 0.333 e. The van der Waals surface area contributed by atoms with E-state index < -0.39 is 35.6 Å². The molecule has 0 aromatic heterocycles. The van der Waals surface area contributed by atoms with E-state index in [1.54, 1.807) is 13.0 Å². The minimum atomic E-state index is -1.24. The van der Waals surface area contributed by atoms with E-state index in [0.29, 0.717) is 11.1 Å². The summed E-state index contributed by atoms with van der Waals surface area (Å²) in [4.78, 5) is 37.7. The molecule has 30 heavy (non-hydrogen) atoms. The first-order valence-corrected chi connectivity index (χ1v) is 9.25. The van der Waals surface area contributed by atoms with E-state index in [-0.39, 0.29) is 28.8 Å². The average molecular weight is 412 g/mol. The third-order valence-electron chi connectivity index (χ3n) is 5.14. The Hall–Kier alpha value is -3.52. The molecule has 2 aromatic rings. The highest BCUT2D eigenvalue weighted by atomic mass is 19.1. The van der Waals surface area contributed by atoms with Crippen molar-refractivity contribution in [3.63, 3.8) is 0 Å². The highest BCUT2D eigenvalue weighted by Crippen LogP contribution is 2.38. The van der Waals surface area contributed by atoms with Crippen LogP contribution in [0.15, 0.2) is 48.2 Å². The largest absolute Gasteiger partial charge is 0.478 e. The number of anilines is 1. The molecule has 0 fully saturated rings. The summed E-state index contributed by atoms with van der Waals surface area (Å²) in [5.74, 6) is -3.70. The number of amides is 2. The fourth-order valence-corrected chi connectivity index (χ4v) is 3.63. The van der Waals surface area contributed by atoms with Crippen LogP contribution in [0.1, 0.15) is 52.4 Å². The van der Waals surface area contributed by atoms with Crippen molar-refractivity contribution in [1.82, 2.24) is 0 Å². The molecule has 7 nitrogen and oxygen atoms in total. The first kappa shape index (κ1) is 21.2. The molecule has 3 rings (SSSR count). The highest BCUT2D eigenvalue weighted by molar-refractivity contribution is 6.03. The van der Waals surface area contributed by atoms with Gasteiger partial charge in [-0.05, 0) is 49.2 Å². The summed E-state index contributed by atoms with van der Waals surface area (Å²) in [5.41, 5.74) is 6.86. The second-order valence-electron chi connectivity index (χ2n) is 7.23. The normalized spacial score (nSPS) is 17.5. The van der Waals surface area contributed by atoms with Crippen LogP contribution in [0.4, 0.5) is 10.1 Å². The molecule has 2 amide bonds. The number of carboxylic acids is 1. The summed E-state index contributed by atoms with van der Waals surface area (Å²) in [6.07, 6.45) is -0.0553. The van der Waals surface area contributed by atoms with E-state index >= 15 is 0 Å². The van der Waals surface area contributed by atoms with Gasteiger partial charge in [-0.25, -0.2) is 9.18 Å². The number of aryl methyl sites for hydroxylation is 1. The molecule has 8 heteroatoms. The topological polar surface area (TPSA) is 121 Å². The Bertz CT molecular complexity index is 1080. The number of nitrogens with zero attached hydrogens (tertiary/aromatic N) is 1. The van der Waals surface area contributed by atoms with Gasteiger partial charge in [0.2, 0.25) is 11.8 Å². The zero-order valence-corrected chi connectivity index (χ0v) is 16.4. The summed E-state index contributed by atoms with van der Waals surface area (Å²) in [7, 11) is 0. The summed E-state index contributed by atoms with van der Waals surface area (Å²) in [6.45, 7) is 3.09. The molecule has 0 saturated carbocycles. The van der Waals surface area contributed by atoms with Crippen molar-refractivity contribution in [3.05, 3.63) is 76.2 Å². The van der Waals surface area contributed by atoms with Crippen LogP contribution in [-0.4, -0.2) is 28.0 Å². The van der Waals surface area contributed by atoms with E-state index in [1.807, 2.05) is 0 Å². The predicted octanol–water partition coefficient (Wildman–Crippen LogP) is 2.78. The number of primary amides is 1. The number of carbonyl (C=O) groups is 3. The van der Waals surface area contributed by atoms with E-state index in [1.165, 1.54) is 43.5 Å². The molecule has 0 aliphatic carbocycles. The van der Waals surface area contributed by atoms with E-state index in [9.17, 15) is 29.0 Å². The van der Waals surface area contributed by atoms with Gasteiger partial charge >= 0.3 is 5.97 Å². The number of carboxylic acid groups (broad SMARTS) is 1. The van der Waals surface area contributed by atoms with E-state index in [0.717, 1.165) is 4.90 Å². The average Bonchev–Trinajstić information content (AvgIpc) is 2.66. The van der Waals surface area contributed by atoms with Crippen LogP contribution in [0.3, 0.4) is 0 Å². The maximum absolute atomic E-state index is 13.7. The summed E-state index contributed by atoms with van der Waals surface area (Å²) in [5, 5.41) is 19.9. The fraction of sp³-hybridized carbons (Fsp3) is 0.227. The van der Waals surface area contributed by atoms with Crippen molar-refractivity contribution in [1.29, 1.82) is 0 Å². The monoisotopic (exact) mass is 412 g/mol. The third kappa shape index (κ3) is 3.95. The number of aliphatic carboxylic acids is 1. The van der Waals surface area contributed by atoms with Crippen molar-refractivity contribution >= 4 is 23.5 Å². The number of halogens is 1. The minimum absolute atomic E-state index is 0.0895. The van der Waals surface area contributed by atoms with Crippen molar-refractivity contribution in [2.45, 2.75) is 32.3 Å². The molecule has 0 bridgehead atoms. The van der Waals surface area contributed by atoms with E-state index in [2.05, 4.69) is 0 Å². The van der Waals surface area contributed by atoms with Gasteiger partial charge in [-0.15, -0.1) is 0 Å². The highest BCUT2D eigenvalue weighted by Gasteiger charge is 2.34. The number of rotatable bonds is 5. The molecule has 2 atom stereocenters. The summed E-state index contributed by atoms with van der Waals surface area (Å²) < 4.78 is 13.7. The Balaban J connectivity index is 2.16. The maximum Gasteiger partial charge on any atom is 0.333 e. The SMILES string of the molecule is Cc1cc(N2C=C(C(=O)O)[C@H](c3cccc(F)c3)CC2=O)c(C(C)O)cc1C(N)=O. The lowest BCUT2D eigenvalue weighted by molar-refractivity contribution is -0.133. The van der Waals surface area contributed by atoms with Gasteiger partial charge in [-0.1, -0.05) is 12.1 Å². The maximum atomic E-state index is 13.7. The van der Waals surface area contributed by atoms with Gasteiger partial charge in [0, 0.05) is 29.7 Å². The number of nitrogens with two attached hydrogens (primary N) is 1. The molecular weight excluding hydrogens is 391 g/mol. The molecule has 4 N–H and O–H groups in total. The quantitative estimate of drug-likeness (QED) is 0.697. The molecule has 2 aromatic carbocycles. The lowest BCUT2D eigenvalue weighted by Gasteiger charge is -2.31. The molecular formula is C22H21FN2O5. The van der Waals surface area contributed by atoms with Crippen LogP contribution < -0.4 is 10.6 Å². The van der Waals surface area contributed by atoms with Gasteiger partial charge in [0.15, 0.2) is 0 Å². The zero-order chi connectivity index (χ0) is 22.2. The second-order valence-corrected chi connectivity index (χ2v) is 7.23. The van der Waals surface area contributed by atoms with Gasteiger partial charge in [-0.3, -0.25) is 14.5 Å². The van der Waals surface area contributed by atoms with Crippen LogP contribution in [-0.2, 0) is 9.59 Å². The number of hydrogen-bond acceptors (Lipinski definition) is 4. The van der Waals surface area contributed by atoms with Gasteiger partial charge in [-0.2, -0.15) is 0 Å². The first-order valence-electron chi connectivity index (χ1n) is 9.25. The Morgan fingerprint density at radius 1 is 1.27 bits per heavy atom. The molecule has 156 valence electrons. The molecule has 0 saturated heterocycles. The van der Waals surface area contributed by atoms with Crippen LogP contribution in [0.5, 0.6) is 0 Å². The van der Waals surface area contributed by atoms with Gasteiger partial charge in [0.25, 0.3) is 0 Å². The molecule has 1 aliphatic heterocycles. The lowest BCUT2D eigenvalue weighted by Crippen LogP contribution is -2.35. The molecule has 1 heterocycles. The van der Waals surface area contributed by atoms with Crippen molar-refractivity contribution < 1.29 is 29.0 Å². The van der Waals surface area contributed by atoms with Crippen molar-refractivity contribution in [3.8, 4) is 0 Å². The van der Waals surface area contributed by atoms with E-state index in [4.69, 9.17) is 5.73 Å². The van der Waals surface area contributed by atoms with Crippen molar-refractivity contribution in [2.75, 3.05) is 4.90 Å². The lowest BCUT2D eigenvalue weighted by atomic mass is 9.85. The molecule has 0 spiro atoms. The Labute approximate surface area is 172 Å². The molecule has 0 radical (unpaired) electrons. The first-order chi connectivity index (χ1) is 14.1. The zero-order valence-electron chi connectivity index (χ0n) is 16.4. The number of aliphatic hydroxyl groups excluding tert-OH is 1. The molecule has 1 aliphatic rings. The second kappa shape index (κ2) is 8.08. The number of aliphatic hydroxyl groups is 1. The summed E-state index contributed by atoms with van der Waals surface area (Å²) in [6, 6.07) is 8.38. The Kier molecular flexibility index (Phi) is 5.71. The fourth-order valence-electron chi connectivity index (χ4n) is 3.63. The Morgan fingerprint density at radius 3 is 2.53 bits per heavy atom. The summed E-state index contributed by atoms with van der Waals surface area (Å²) >= 11 is 0. The van der Waals surface area contributed by atoms with Crippen LogP contribution in [0.2, 0.25) is 0 Å². The van der Waals surface area contributed by atoms with Crippen LogP contribution in [0.25, 0.3) is 0 Å².